The minimum Gasteiger partial charge on any atom is -0.394 e. The van der Waals surface area contributed by atoms with Gasteiger partial charge in [-0.25, -0.2) is 0 Å². The van der Waals surface area contributed by atoms with Crippen LogP contribution in [0, 0.1) is 0 Å². The van der Waals surface area contributed by atoms with Crippen LogP contribution >= 0.6 is 0 Å². The van der Waals surface area contributed by atoms with E-state index in [2.05, 4.69) is 5.32 Å². The van der Waals surface area contributed by atoms with Crippen molar-refractivity contribution in [2.75, 3.05) is 26.7 Å². The van der Waals surface area contributed by atoms with E-state index >= 15 is 0 Å². The summed E-state index contributed by atoms with van der Waals surface area (Å²) in [4.78, 5) is 13.1. The summed E-state index contributed by atoms with van der Waals surface area (Å²) < 4.78 is 0. The van der Waals surface area contributed by atoms with E-state index < -0.39 is 0 Å². The summed E-state index contributed by atoms with van der Waals surface area (Å²) in [7, 11) is 1.75. The zero-order valence-electron chi connectivity index (χ0n) is 7.42. The number of rotatable bonds is 3. The third kappa shape index (κ3) is 1.95. The highest BCUT2D eigenvalue weighted by atomic mass is 16.3. The number of nitrogens with zero attached hydrogens (tertiary/aromatic N) is 1. The average Bonchev–Trinajstić information content (AvgIpc) is 2.51. The number of likely N-dealkylation sites (tertiary alicyclic amines) is 1. The molecule has 1 amide bonds. The quantitative estimate of drug-likeness (QED) is 0.585. The summed E-state index contributed by atoms with van der Waals surface area (Å²) in [5, 5.41) is 11.8. The van der Waals surface area contributed by atoms with Crippen molar-refractivity contribution in [3.63, 3.8) is 0 Å². The molecule has 1 fully saturated rings. The number of likely N-dealkylation sites (N-methyl/N-ethyl adjacent to an activating group) is 1. The Bertz CT molecular complexity index is 161. The van der Waals surface area contributed by atoms with Gasteiger partial charge in [-0.1, -0.05) is 0 Å². The third-order valence-electron chi connectivity index (χ3n) is 2.24. The van der Waals surface area contributed by atoms with Crippen molar-refractivity contribution in [2.24, 2.45) is 0 Å². The van der Waals surface area contributed by atoms with Gasteiger partial charge in [0.2, 0.25) is 5.91 Å². The molecule has 1 aliphatic rings. The second kappa shape index (κ2) is 4.42. The van der Waals surface area contributed by atoms with Crippen LogP contribution in [0.1, 0.15) is 12.8 Å². The lowest BCUT2D eigenvalue weighted by molar-refractivity contribution is -0.131. The SMILES string of the molecule is CNCC(=O)N1CCCC1CO. The number of carbonyl (C=O) groups is 1. The van der Waals surface area contributed by atoms with Gasteiger partial charge in [-0.2, -0.15) is 0 Å². The molecule has 0 bridgehead atoms. The zero-order chi connectivity index (χ0) is 8.97. The molecule has 1 atom stereocenters. The second-order valence-electron chi connectivity index (χ2n) is 3.10. The standard InChI is InChI=1S/C8H16N2O2/c1-9-5-8(12)10-4-2-3-7(10)6-11/h7,9,11H,2-6H2,1H3. The van der Waals surface area contributed by atoms with E-state index in [9.17, 15) is 4.79 Å². The van der Waals surface area contributed by atoms with Crippen molar-refractivity contribution in [1.82, 2.24) is 10.2 Å². The highest BCUT2D eigenvalue weighted by Crippen LogP contribution is 2.15. The lowest BCUT2D eigenvalue weighted by atomic mass is 10.2. The fraction of sp³-hybridized carbons (Fsp3) is 0.875. The molecule has 0 aromatic carbocycles. The van der Waals surface area contributed by atoms with E-state index in [0.717, 1.165) is 19.4 Å². The van der Waals surface area contributed by atoms with Crippen LogP contribution in [-0.2, 0) is 4.79 Å². The number of amides is 1. The Morgan fingerprint density at radius 1 is 1.75 bits per heavy atom. The van der Waals surface area contributed by atoms with Crippen LogP contribution in [0.3, 0.4) is 0 Å². The van der Waals surface area contributed by atoms with Gasteiger partial charge in [0.05, 0.1) is 19.2 Å². The van der Waals surface area contributed by atoms with Crippen molar-refractivity contribution in [3.05, 3.63) is 0 Å². The Morgan fingerprint density at radius 3 is 3.08 bits per heavy atom. The first-order valence-corrected chi connectivity index (χ1v) is 4.34. The topological polar surface area (TPSA) is 52.6 Å². The molecule has 1 rings (SSSR count). The van der Waals surface area contributed by atoms with Gasteiger partial charge in [0, 0.05) is 6.54 Å². The molecule has 0 aromatic rings. The first kappa shape index (κ1) is 9.48. The number of nitrogens with one attached hydrogen (secondary N) is 1. The highest BCUT2D eigenvalue weighted by molar-refractivity contribution is 5.78. The van der Waals surface area contributed by atoms with Crippen LogP contribution in [0.4, 0.5) is 0 Å². The van der Waals surface area contributed by atoms with Crippen molar-refractivity contribution in [3.8, 4) is 0 Å². The Hall–Kier alpha value is -0.610. The molecule has 70 valence electrons. The Morgan fingerprint density at radius 2 is 2.50 bits per heavy atom. The van der Waals surface area contributed by atoms with Crippen LogP contribution in [-0.4, -0.2) is 48.7 Å². The molecule has 4 nitrogen and oxygen atoms in total. The fourth-order valence-electron chi connectivity index (χ4n) is 1.61. The van der Waals surface area contributed by atoms with Crippen LogP contribution in [0.25, 0.3) is 0 Å². The van der Waals surface area contributed by atoms with Crippen LogP contribution < -0.4 is 5.32 Å². The first-order valence-electron chi connectivity index (χ1n) is 4.34. The van der Waals surface area contributed by atoms with Crippen LogP contribution in [0.15, 0.2) is 0 Å². The number of aliphatic hydroxyl groups is 1. The summed E-state index contributed by atoms with van der Waals surface area (Å²) in [6, 6.07) is 0.0610. The molecule has 0 aromatic heterocycles. The Balaban J connectivity index is 2.43. The predicted octanol–water partition coefficient (Wildman–Crippen LogP) is -0.811. The fourth-order valence-corrected chi connectivity index (χ4v) is 1.61. The summed E-state index contributed by atoms with van der Waals surface area (Å²) in [5.41, 5.74) is 0. The van der Waals surface area contributed by atoms with Gasteiger partial charge in [0.1, 0.15) is 0 Å². The maximum absolute atomic E-state index is 11.4. The number of carbonyl (C=O) groups excluding carboxylic acids is 1. The van der Waals surface area contributed by atoms with E-state index in [1.807, 2.05) is 0 Å². The van der Waals surface area contributed by atoms with E-state index in [1.165, 1.54) is 0 Å². The largest absolute Gasteiger partial charge is 0.394 e. The van der Waals surface area contributed by atoms with Crippen LogP contribution in [0.2, 0.25) is 0 Å². The molecule has 0 radical (unpaired) electrons. The third-order valence-corrected chi connectivity index (χ3v) is 2.24. The molecule has 4 heteroatoms. The Kier molecular flexibility index (Phi) is 3.49. The molecule has 1 saturated heterocycles. The maximum atomic E-state index is 11.4. The molecule has 1 heterocycles. The summed E-state index contributed by atoms with van der Waals surface area (Å²) in [6.07, 6.45) is 1.95. The highest BCUT2D eigenvalue weighted by Gasteiger charge is 2.26. The molecule has 1 unspecified atom stereocenters. The van der Waals surface area contributed by atoms with Gasteiger partial charge in [-0.15, -0.1) is 0 Å². The van der Waals surface area contributed by atoms with Gasteiger partial charge in [0.15, 0.2) is 0 Å². The maximum Gasteiger partial charge on any atom is 0.236 e. The van der Waals surface area contributed by atoms with Crippen molar-refractivity contribution in [1.29, 1.82) is 0 Å². The van der Waals surface area contributed by atoms with E-state index in [0.29, 0.717) is 6.54 Å². The summed E-state index contributed by atoms with van der Waals surface area (Å²) >= 11 is 0. The summed E-state index contributed by atoms with van der Waals surface area (Å²) in [5.74, 6) is 0.0917. The molecule has 2 N–H and O–H groups in total. The van der Waals surface area contributed by atoms with Crippen molar-refractivity contribution in [2.45, 2.75) is 18.9 Å². The van der Waals surface area contributed by atoms with Crippen molar-refractivity contribution < 1.29 is 9.90 Å². The lowest BCUT2D eigenvalue weighted by Gasteiger charge is -2.22. The minimum atomic E-state index is 0.0610. The molecular formula is C8H16N2O2. The molecule has 0 spiro atoms. The zero-order valence-corrected chi connectivity index (χ0v) is 7.42. The number of aliphatic hydroxyl groups excluding tert-OH is 1. The van der Waals surface area contributed by atoms with E-state index in [4.69, 9.17) is 5.11 Å². The monoisotopic (exact) mass is 172 g/mol. The molecule has 0 aliphatic carbocycles. The van der Waals surface area contributed by atoms with Gasteiger partial charge < -0.3 is 15.3 Å². The molecule has 0 saturated carbocycles. The number of hydrogen-bond donors (Lipinski definition) is 2. The van der Waals surface area contributed by atoms with Gasteiger partial charge in [-0.05, 0) is 19.9 Å². The second-order valence-corrected chi connectivity index (χ2v) is 3.10. The minimum absolute atomic E-state index is 0.0610. The summed E-state index contributed by atoms with van der Waals surface area (Å²) in [6.45, 7) is 1.26. The van der Waals surface area contributed by atoms with E-state index in [1.54, 1.807) is 11.9 Å². The molecule has 12 heavy (non-hydrogen) atoms. The average molecular weight is 172 g/mol. The Labute approximate surface area is 72.6 Å². The van der Waals surface area contributed by atoms with Crippen LogP contribution in [0.5, 0.6) is 0 Å². The van der Waals surface area contributed by atoms with Gasteiger partial charge >= 0.3 is 0 Å². The van der Waals surface area contributed by atoms with Gasteiger partial charge in [-0.3, -0.25) is 4.79 Å². The smallest absolute Gasteiger partial charge is 0.236 e. The normalized spacial score (nSPS) is 23.2. The first-order chi connectivity index (χ1) is 5.79. The lowest BCUT2D eigenvalue weighted by Crippen LogP contribution is -2.41. The van der Waals surface area contributed by atoms with E-state index in [-0.39, 0.29) is 18.6 Å². The predicted molar refractivity (Wildman–Crippen MR) is 45.7 cm³/mol. The molecule has 1 aliphatic heterocycles. The molecular weight excluding hydrogens is 156 g/mol. The number of hydrogen-bond acceptors (Lipinski definition) is 3. The van der Waals surface area contributed by atoms with Gasteiger partial charge in [0.25, 0.3) is 0 Å². The van der Waals surface area contributed by atoms with Crippen molar-refractivity contribution >= 4 is 5.91 Å².